The van der Waals surface area contributed by atoms with Crippen molar-refractivity contribution in [2.75, 3.05) is 18.1 Å². The zero-order valence-electron chi connectivity index (χ0n) is 25.9. The van der Waals surface area contributed by atoms with Crippen LogP contribution in [0.2, 0.25) is 0 Å². The molecule has 0 aromatic heterocycles. The van der Waals surface area contributed by atoms with Gasteiger partial charge in [-0.05, 0) is 56.7 Å². The van der Waals surface area contributed by atoms with Gasteiger partial charge in [0.15, 0.2) is 6.61 Å². The normalized spacial score (nSPS) is 23.3. The number of nitrogens with zero attached hydrogens (tertiary/aromatic N) is 4. The Kier molecular flexibility index (Phi) is 12.1. The second-order valence-electron chi connectivity index (χ2n) is 12.3. The number of anilines is 1. The van der Waals surface area contributed by atoms with Crippen LogP contribution in [-0.4, -0.2) is 70.5 Å². The highest BCUT2D eigenvalue weighted by molar-refractivity contribution is 6.67. The molecule has 3 N–H and O–H groups in total. The number of rotatable bonds is 16. The number of aliphatic imine (C=N–C) groups is 1. The van der Waals surface area contributed by atoms with Gasteiger partial charge in [-0.25, -0.2) is 9.79 Å². The van der Waals surface area contributed by atoms with Crippen LogP contribution in [0.4, 0.5) is 11.4 Å². The van der Waals surface area contributed by atoms with E-state index in [2.05, 4.69) is 28.9 Å². The quantitative estimate of drug-likeness (QED) is 0.145. The zero-order valence-corrected chi connectivity index (χ0v) is 25.9. The Morgan fingerprint density at radius 2 is 1.79 bits per heavy atom. The molecule has 0 saturated carbocycles. The molecule has 3 heterocycles. The Balaban J connectivity index is 1.47. The SMILES string of the molecule is CCCCCCCC(CC)CCN1C2CCCC1CC(N1C(=O)CC(C(=NOCC(N)=O)C(=O)O)=Nc3ccccc31)C2. The Labute approximate surface area is 255 Å². The second kappa shape index (κ2) is 16.0. The van der Waals surface area contributed by atoms with Crippen LogP contribution in [-0.2, 0) is 19.2 Å². The fourth-order valence-electron chi connectivity index (χ4n) is 7.17. The number of primary amides is 1. The van der Waals surface area contributed by atoms with E-state index in [1.807, 2.05) is 23.1 Å². The van der Waals surface area contributed by atoms with Gasteiger partial charge in [-0.3, -0.25) is 14.5 Å². The third kappa shape index (κ3) is 8.65. The maximum Gasteiger partial charge on any atom is 0.359 e. The smallest absolute Gasteiger partial charge is 0.359 e. The highest BCUT2D eigenvalue weighted by atomic mass is 16.6. The van der Waals surface area contributed by atoms with E-state index >= 15 is 0 Å². The molecule has 0 spiro atoms. The van der Waals surface area contributed by atoms with Crippen molar-refractivity contribution < 1.29 is 24.3 Å². The summed E-state index contributed by atoms with van der Waals surface area (Å²) in [5.41, 5.74) is 5.79. The molecule has 3 aliphatic heterocycles. The van der Waals surface area contributed by atoms with E-state index in [0.29, 0.717) is 23.5 Å². The average Bonchev–Trinajstić information content (AvgIpc) is 3.11. The molecular formula is C33H49N5O5. The number of benzene rings is 1. The molecule has 10 heteroatoms. The van der Waals surface area contributed by atoms with Crippen molar-refractivity contribution >= 4 is 40.6 Å². The first-order chi connectivity index (χ1) is 20.8. The van der Waals surface area contributed by atoms with Gasteiger partial charge in [0.1, 0.15) is 0 Å². The number of fused-ring (bicyclic) bond motifs is 3. The molecule has 4 rings (SSSR count). The Morgan fingerprint density at radius 1 is 1.07 bits per heavy atom. The number of carbonyl (C=O) groups is 3. The number of hydrogen-bond donors (Lipinski definition) is 2. The fourth-order valence-corrected chi connectivity index (χ4v) is 7.17. The lowest BCUT2D eigenvalue weighted by Crippen LogP contribution is -2.58. The van der Waals surface area contributed by atoms with Gasteiger partial charge >= 0.3 is 5.97 Å². The van der Waals surface area contributed by atoms with Gasteiger partial charge in [0.05, 0.1) is 23.5 Å². The van der Waals surface area contributed by atoms with Gasteiger partial charge in [-0.2, -0.15) is 0 Å². The van der Waals surface area contributed by atoms with E-state index in [9.17, 15) is 19.5 Å². The van der Waals surface area contributed by atoms with Crippen molar-refractivity contribution in [1.29, 1.82) is 0 Å². The second-order valence-corrected chi connectivity index (χ2v) is 12.3. The molecule has 236 valence electrons. The van der Waals surface area contributed by atoms with Crippen molar-refractivity contribution in [2.45, 2.75) is 122 Å². The number of oxime groups is 1. The van der Waals surface area contributed by atoms with Crippen LogP contribution in [0, 0.1) is 5.92 Å². The molecular weight excluding hydrogens is 546 g/mol. The first-order valence-electron chi connectivity index (χ1n) is 16.3. The minimum Gasteiger partial charge on any atom is -0.476 e. The number of piperidine rings is 2. The summed E-state index contributed by atoms with van der Waals surface area (Å²) in [6.45, 7) is 5.14. The molecule has 1 aromatic carbocycles. The fraction of sp³-hybridized carbons (Fsp3) is 0.667. The van der Waals surface area contributed by atoms with Gasteiger partial charge in [-0.1, -0.05) is 82.5 Å². The summed E-state index contributed by atoms with van der Waals surface area (Å²) in [6, 6.07) is 8.24. The largest absolute Gasteiger partial charge is 0.476 e. The van der Waals surface area contributed by atoms with Gasteiger partial charge in [0.25, 0.3) is 5.91 Å². The molecule has 10 nitrogen and oxygen atoms in total. The lowest BCUT2D eigenvalue weighted by Gasteiger charge is -2.51. The summed E-state index contributed by atoms with van der Waals surface area (Å²) in [7, 11) is 0. The molecule has 3 unspecified atom stereocenters. The molecule has 1 aromatic rings. The first-order valence-corrected chi connectivity index (χ1v) is 16.3. The van der Waals surface area contributed by atoms with Crippen LogP contribution in [0.25, 0.3) is 0 Å². The van der Waals surface area contributed by atoms with Crippen molar-refractivity contribution in [3.63, 3.8) is 0 Å². The van der Waals surface area contributed by atoms with Crippen LogP contribution in [0.3, 0.4) is 0 Å². The molecule has 0 radical (unpaired) electrons. The minimum absolute atomic E-state index is 0.00477. The Bertz CT molecular complexity index is 1170. The average molecular weight is 596 g/mol. The van der Waals surface area contributed by atoms with Gasteiger partial charge < -0.3 is 20.6 Å². The third-order valence-corrected chi connectivity index (χ3v) is 9.38. The number of carboxylic acid groups (broad SMARTS) is 1. The van der Waals surface area contributed by atoms with Crippen molar-refractivity contribution in [2.24, 2.45) is 21.8 Å². The lowest BCUT2D eigenvalue weighted by molar-refractivity contribution is -0.129. The number of unbranched alkanes of at least 4 members (excludes halogenated alkanes) is 4. The molecule has 3 aliphatic rings. The summed E-state index contributed by atoms with van der Waals surface area (Å²) in [4.78, 5) is 51.0. The number of amides is 2. The molecule has 3 atom stereocenters. The molecule has 2 fully saturated rings. The summed E-state index contributed by atoms with van der Waals surface area (Å²) >= 11 is 0. The van der Waals surface area contributed by atoms with Crippen LogP contribution >= 0.6 is 0 Å². The van der Waals surface area contributed by atoms with Crippen LogP contribution in [0.5, 0.6) is 0 Å². The topological polar surface area (TPSA) is 138 Å². The third-order valence-electron chi connectivity index (χ3n) is 9.38. The van der Waals surface area contributed by atoms with E-state index < -0.39 is 24.2 Å². The number of carboxylic acids is 1. The lowest BCUT2D eigenvalue weighted by atomic mass is 9.80. The van der Waals surface area contributed by atoms with Crippen LogP contribution in [0.1, 0.15) is 104 Å². The Hall–Kier alpha value is -3.27. The van der Waals surface area contributed by atoms with Gasteiger partial charge in [-0.15, -0.1) is 0 Å². The number of nitrogens with two attached hydrogens (primary N) is 1. The van der Waals surface area contributed by atoms with E-state index in [1.165, 1.54) is 57.8 Å². The maximum absolute atomic E-state index is 13.9. The van der Waals surface area contributed by atoms with Crippen molar-refractivity contribution in [3.8, 4) is 0 Å². The summed E-state index contributed by atoms with van der Waals surface area (Å²) in [5.74, 6) is -1.62. The van der Waals surface area contributed by atoms with Crippen LogP contribution < -0.4 is 10.6 Å². The molecule has 2 bridgehead atoms. The van der Waals surface area contributed by atoms with Crippen molar-refractivity contribution in [3.05, 3.63) is 24.3 Å². The predicted molar refractivity (Wildman–Crippen MR) is 169 cm³/mol. The molecule has 2 saturated heterocycles. The number of para-hydroxylation sites is 2. The zero-order chi connectivity index (χ0) is 30.8. The molecule has 0 aliphatic carbocycles. The predicted octanol–water partition coefficient (Wildman–Crippen LogP) is 5.60. The van der Waals surface area contributed by atoms with Gasteiger partial charge in [0, 0.05) is 18.1 Å². The van der Waals surface area contributed by atoms with Crippen molar-refractivity contribution in [1.82, 2.24) is 4.90 Å². The number of hydrogen-bond acceptors (Lipinski definition) is 7. The van der Waals surface area contributed by atoms with E-state index in [4.69, 9.17) is 10.6 Å². The highest BCUT2D eigenvalue weighted by Gasteiger charge is 2.43. The summed E-state index contributed by atoms with van der Waals surface area (Å²) < 4.78 is 0. The van der Waals surface area contributed by atoms with Crippen LogP contribution in [0.15, 0.2) is 34.4 Å². The molecule has 43 heavy (non-hydrogen) atoms. The minimum atomic E-state index is -1.39. The van der Waals surface area contributed by atoms with E-state index in [-0.39, 0.29) is 24.1 Å². The highest BCUT2D eigenvalue weighted by Crippen LogP contribution is 2.41. The monoisotopic (exact) mass is 595 g/mol. The summed E-state index contributed by atoms with van der Waals surface area (Å²) in [5, 5.41) is 13.4. The van der Waals surface area contributed by atoms with E-state index in [0.717, 1.165) is 38.1 Å². The molecule has 2 amide bonds. The number of aliphatic carboxylic acids is 1. The Morgan fingerprint density at radius 3 is 2.47 bits per heavy atom. The van der Waals surface area contributed by atoms with Gasteiger partial charge in [0.2, 0.25) is 11.6 Å². The maximum atomic E-state index is 13.9. The van der Waals surface area contributed by atoms with E-state index in [1.54, 1.807) is 6.07 Å². The first kappa shape index (κ1) is 32.6. The summed E-state index contributed by atoms with van der Waals surface area (Å²) in [6.07, 6.45) is 15.5. The number of carbonyl (C=O) groups excluding carboxylic acids is 2. The standard InChI is InChI=1S/C33H49N5O5/c1-3-5-6-7-8-12-23(4-2)17-18-37-24-13-11-14-25(37)20-26(19-24)38-29-16-10-9-15-27(29)35-28(21-31(38)40)32(33(41)42)36-43-22-30(34)39/h9-10,15-16,23-26H,3-8,11-14,17-22H2,1-2H3,(H2,34,39)(H,41,42).